The highest BCUT2D eigenvalue weighted by molar-refractivity contribution is 7.90. The molecule has 1 aromatic heterocycles. The van der Waals surface area contributed by atoms with Gasteiger partial charge in [0.15, 0.2) is 0 Å². The number of aromatic nitrogens is 1. The molecule has 0 atom stereocenters. The Hall–Kier alpha value is -2.92. The van der Waals surface area contributed by atoms with Crippen LogP contribution in [0.2, 0.25) is 0 Å². The van der Waals surface area contributed by atoms with Gasteiger partial charge in [0.05, 0.1) is 17.5 Å². The van der Waals surface area contributed by atoms with Crippen molar-refractivity contribution >= 4 is 20.9 Å². The minimum Gasteiger partial charge on any atom is -0.233 e. The lowest BCUT2D eigenvalue weighted by atomic mass is 10.1. The van der Waals surface area contributed by atoms with Gasteiger partial charge in [-0.25, -0.2) is 16.8 Å². The van der Waals surface area contributed by atoms with E-state index < -0.39 is 15.8 Å². The molecule has 0 aliphatic carbocycles. The molecule has 5 heteroatoms. The van der Waals surface area contributed by atoms with E-state index in [-0.39, 0.29) is 22.1 Å². The smallest absolute Gasteiger partial charge is 0.233 e. The Balaban J connectivity index is 2.13. The fourth-order valence-electron chi connectivity index (χ4n) is 2.93. The molecule has 0 N–H and O–H groups in total. The van der Waals surface area contributed by atoms with Crippen LogP contribution in [0.1, 0.15) is 6.93 Å². The number of hydrogen-bond acceptors (Lipinski definition) is 2. The lowest BCUT2D eigenvalue weighted by molar-refractivity contribution is 0.589. The number of hydrogen-bond donors (Lipinski definition) is 0. The molecular formula is C21H16FNO2S. The van der Waals surface area contributed by atoms with E-state index in [9.17, 15) is 12.8 Å². The lowest BCUT2D eigenvalue weighted by Gasteiger charge is -2.12. The van der Waals surface area contributed by atoms with Crippen molar-refractivity contribution in [2.45, 2.75) is 11.8 Å². The first-order valence-electron chi connectivity index (χ1n) is 8.58. The van der Waals surface area contributed by atoms with Gasteiger partial charge in [-0.05, 0) is 48.9 Å². The average molecular weight is 366 g/mol. The maximum absolute atomic E-state index is 13.9. The SMILES string of the molecule is [2H]c1c(-c2ccccc2)n(S(=O)(=O)c2ccc(C)cc2)c2cc(F)ccc12. The van der Waals surface area contributed by atoms with Gasteiger partial charge in [0.25, 0.3) is 10.0 Å². The summed E-state index contributed by atoms with van der Waals surface area (Å²) in [7, 11) is -4.03. The molecule has 26 heavy (non-hydrogen) atoms. The van der Waals surface area contributed by atoms with Gasteiger partial charge in [-0.15, -0.1) is 0 Å². The third-order valence-corrected chi connectivity index (χ3v) is 5.97. The summed E-state index contributed by atoms with van der Waals surface area (Å²) in [6.07, 6.45) is 0. The van der Waals surface area contributed by atoms with Crippen LogP contribution in [-0.2, 0) is 10.0 Å². The molecule has 4 aromatic rings. The van der Waals surface area contributed by atoms with Gasteiger partial charge in [-0.3, -0.25) is 0 Å². The number of halogens is 1. The third-order valence-electron chi connectivity index (χ3n) is 4.24. The molecule has 0 aliphatic rings. The first-order chi connectivity index (χ1) is 12.9. The summed E-state index contributed by atoms with van der Waals surface area (Å²) in [5.74, 6) is -0.556. The average Bonchev–Trinajstić information content (AvgIpc) is 2.95. The molecule has 0 saturated carbocycles. The summed E-state index contributed by atoms with van der Waals surface area (Å²) in [4.78, 5) is 0.0893. The zero-order chi connectivity index (χ0) is 19.2. The van der Waals surface area contributed by atoms with E-state index in [1.165, 1.54) is 24.3 Å². The normalized spacial score (nSPS) is 12.3. The number of nitrogens with zero attached hydrogens (tertiary/aromatic N) is 1. The number of fused-ring (bicyclic) bond motifs is 1. The summed E-state index contributed by atoms with van der Waals surface area (Å²) in [6.45, 7) is 1.87. The fourth-order valence-corrected chi connectivity index (χ4v) is 4.42. The first kappa shape index (κ1) is 15.3. The van der Waals surface area contributed by atoms with Crippen molar-refractivity contribution in [3.63, 3.8) is 0 Å². The van der Waals surface area contributed by atoms with Gasteiger partial charge in [-0.2, -0.15) is 0 Å². The van der Waals surface area contributed by atoms with E-state index in [0.29, 0.717) is 10.9 Å². The monoisotopic (exact) mass is 366 g/mol. The maximum atomic E-state index is 13.9. The van der Waals surface area contributed by atoms with Crippen molar-refractivity contribution in [1.29, 1.82) is 0 Å². The first-order valence-corrected chi connectivity index (χ1v) is 9.52. The minimum absolute atomic E-state index is 0.0480. The molecule has 0 bridgehead atoms. The van der Waals surface area contributed by atoms with Crippen LogP contribution in [0, 0.1) is 12.7 Å². The van der Waals surface area contributed by atoms with E-state index in [0.717, 1.165) is 15.6 Å². The van der Waals surface area contributed by atoms with Crippen molar-refractivity contribution in [3.05, 3.63) is 90.2 Å². The molecular weight excluding hydrogens is 349 g/mol. The van der Waals surface area contributed by atoms with E-state index in [2.05, 4.69) is 0 Å². The van der Waals surface area contributed by atoms with Crippen LogP contribution >= 0.6 is 0 Å². The van der Waals surface area contributed by atoms with Crippen molar-refractivity contribution in [1.82, 2.24) is 3.97 Å². The molecule has 0 fully saturated rings. The van der Waals surface area contributed by atoms with E-state index in [1.54, 1.807) is 36.4 Å². The van der Waals surface area contributed by atoms with Gasteiger partial charge in [0.2, 0.25) is 0 Å². The van der Waals surface area contributed by atoms with Crippen LogP contribution in [0.15, 0.2) is 83.7 Å². The number of rotatable bonds is 3. The Morgan fingerprint density at radius 1 is 0.962 bits per heavy atom. The molecule has 0 saturated heterocycles. The second-order valence-corrected chi connectivity index (χ2v) is 7.87. The molecule has 3 nitrogen and oxygen atoms in total. The van der Waals surface area contributed by atoms with Gasteiger partial charge >= 0.3 is 0 Å². The van der Waals surface area contributed by atoms with Crippen LogP contribution in [-0.4, -0.2) is 12.4 Å². The van der Waals surface area contributed by atoms with Crippen LogP contribution in [0.5, 0.6) is 0 Å². The van der Waals surface area contributed by atoms with Gasteiger partial charge in [-0.1, -0.05) is 48.0 Å². The maximum Gasteiger partial charge on any atom is 0.268 e. The fraction of sp³-hybridized carbons (Fsp3) is 0.0476. The Labute approximate surface area is 152 Å². The molecule has 0 radical (unpaired) electrons. The highest BCUT2D eigenvalue weighted by Gasteiger charge is 2.24. The van der Waals surface area contributed by atoms with Gasteiger partial charge in [0.1, 0.15) is 5.82 Å². The quantitative estimate of drug-likeness (QED) is 0.512. The molecule has 0 aliphatic heterocycles. The van der Waals surface area contributed by atoms with Crippen LogP contribution in [0.4, 0.5) is 4.39 Å². The predicted molar refractivity (Wildman–Crippen MR) is 101 cm³/mol. The topological polar surface area (TPSA) is 39.1 Å². The third kappa shape index (κ3) is 2.70. The molecule has 130 valence electrons. The number of aryl methyl sites for hydroxylation is 1. The van der Waals surface area contributed by atoms with Crippen molar-refractivity contribution in [2.75, 3.05) is 0 Å². The second-order valence-electron chi connectivity index (χ2n) is 6.08. The number of benzene rings is 3. The highest BCUT2D eigenvalue weighted by Crippen LogP contribution is 2.32. The van der Waals surface area contributed by atoms with Gasteiger partial charge in [0, 0.05) is 5.39 Å². The van der Waals surface area contributed by atoms with Crippen LogP contribution < -0.4 is 0 Å². The Morgan fingerprint density at radius 2 is 1.65 bits per heavy atom. The Kier molecular flexibility index (Phi) is 3.60. The Morgan fingerprint density at radius 3 is 2.35 bits per heavy atom. The zero-order valence-corrected chi connectivity index (χ0v) is 14.8. The lowest BCUT2D eigenvalue weighted by Crippen LogP contribution is -2.14. The van der Waals surface area contributed by atoms with Crippen LogP contribution in [0.3, 0.4) is 0 Å². The largest absolute Gasteiger partial charge is 0.268 e. The van der Waals surface area contributed by atoms with E-state index >= 15 is 0 Å². The van der Waals surface area contributed by atoms with Crippen molar-refractivity contribution < 1.29 is 14.2 Å². The zero-order valence-electron chi connectivity index (χ0n) is 15.0. The summed E-state index contributed by atoms with van der Waals surface area (Å²) in [5, 5.41) is 0.380. The minimum atomic E-state index is -4.03. The summed E-state index contributed by atoms with van der Waals surface area (Å²) >= 11 is 0. The molecule has 0 unspecified atom stereocenters. The standard InChI is InChI=1S/C21H16FNO2S/c1-15-7-11-19(12-8-15)26(24,25)23-20(16-5-3-2-4-6-16)13-17-9-10-18(22)14-21(17)23/h2-14H,1H3/i13D. The molecule has 4 rings (SSSR count). The van der Waals surface area contributed by atoms with E-state index in [1.807, 2.05) is 13.0 Å². The summed E-state index contributed by atoms with van der Waals surface area (Å²) in [5.41, 5.74) is 1.88. The predicted octanol–water partition coefficient (Wildman–Crippen LogP) is 4.99. The van der Waals surface area contributed by atoms with Crippen molar-refractivity contribution in [3.8, 4) is 11.3 Å². The van der Waals surface area contributed by atoms with Crippen molar-refractivity contribution in [2.24, 2.45) is 0 Å². The second kappa shape index (κ2) is 6.11. The Bertz CT molecular complexity index is 1250. The molecule has 1 heterocycles. The highest BCUT2D eigenvalue weighted by atomic mass is 32.2. The molecule has 0 spiro atoms. The van der Waals surface area contributed by atoms with Crippen LogP contribution in [0.25, 0.3) is 22.2 Å². The summed E-state index contributed by atoms with van der Waals surface area (Å²) < 4.78 is 50.4. The van der Waals surface area contributed by atoms with E-state index in [4.69, 9.17) is 1.37 Å². The summed E-state index contributed by atoms with van der Waals surface area (Å²) in [6, 6.07) is 19.2. The molecule has 0 amide bonds. The molecule has 3 aromatic carbocycles. The van der Waals surface area contributed by atoms with Gasteiger partial charge < -0.3 is 0 Å².